The SMILES string of the molecule is C=CCOc1ccccc1CNCCOCC(F)(F)F. The highest BCUT2D eigenvalue weighted by Crippen LogP contribution is 2.17. The van der Waals surface area contributed by atoms with Gasteiger partial charge >= 0.3 is 6.18 Å². The molecule has 3 nitrogen and oxygen atoms in total. The average molecular weight is 289 g/mol. The summed E-state index contributed by atoms with van der Waals surface area (Å²) in [7, 11) is 0. The lowest BCUT2D eigenvalue weighted by Crippen LogP contribution is -2.23. The number of alkyl halides is 3. The monoisotopic (exact) mass is 289 g/mol. The van der Waals surface area contributed by atoms with Crippen molar-refractivity contribution < 1.29 is 22.6 Å². The molecule has 0 bridgehead atoms. The van der Waals surface area contributed by atoms with Crippen LogP contribution in [0.15, 0.2) is 36.9 Å². The molecule has 0 aromatic heterocycles. The van der Waals surface area contributed by atoms with Crippen molar-refractivity contribution in [3.05, 3.63) is 42.5 Å². The molecule has 0 radical (unpaired) electrons. The molecular weight excluding hydrogens is 271 g/mol. The Balaban J connectivity index is 2.26. The molecule has 1 N–H and O–H groups in total. The van der Waals surface area contributed by atoms with E-state index in [4.69, 9.17) is 4.74 Å². The standard InChI is InChI=1S/C14H18F3NO2/c1-2-8-20-13-6-4-3-5-12(13)10-18-7-9-19-11-14(15,16)17/h2-6,18H,1,7-11H2. The number of hydrogen-bond donors (Lipinski definition) is 1. The van der Waals surface area contributed by atoms with Crippen LogP contribution in [-0.2, 0) is 11.3 Å². The molecule has 0 aliphatic carbocycles. The van der Waals surface area contributed by atoms with Crippen LogP contribution in [-0.4, -0.2) is 32.5 Å². The zero-order valence-corrected chi connectivity index (χ0v) is 11.1. The third-order valence-corrected chi connectivity index (χ3v) is 2.33. The van der Waals surface area contributed by atoms with Gasteiger partial charge < -0.3 is 14.8 Å². The van der Waals surface area contributed by atoms with Gasteiger partial charge in [0.2, 0.25) is 0 Å². The van der Waals surface area contributed by atoms with Crippen LogP contribution in [0.4, 0.5) is 13.2 Å². The molecule has 0 fully saturated rings. The second kappa shape index (κ2) is 8.60. The molecule has 112 valence electrons. The Morgan fingerprint density at radius 3 is 2.70 bits per heavy atom. The smallest absolute Gasteiger partial charge is 0.411 e. The van der Waals surface area contributed by atoms with Crippen LogP contribution in [0.5, 0.6) is 5.75 Å². The number of benzene rings is 1. The third-order valence-electron chi connectivity index (χ3n) is 2.33. The fraction of sp³-hybridized carbons (Fsp3) is 0.429. The fourth-order valence-electron chi connectivity index (χ4n) is 1.49. The maximum atomic E-state index is 11.8. The molecule has 0 spiro atoms. The summed E-state index contributed by atoms with van der Waals surface area (Å²) >= 11 is 0. The van der Waals surface area contributed by atoms with E-state index >= 15 is 0 Å². The molecule has 0 atom stereocenters. The van der Waals surface area contributed by atoms with Crippen LogP contribution in [0.3, 0.4) is 0 Å². The molecular formula is C14H18F3NO2. The Morgan fingerprint density at radius 2 is 2.00 bits per heavy atom. The van der Waals surface area contributed by atoms with Crippen LogP contribution in [0.2, 0.25) is 0 Å². The number of rotatable bonds is 9. The first-order valence-electron chi connectivity index (χ1n) is 6.20. The van der Waals surface area contributed by atoms with Crippen LogP contribution < -0.4 is 10.1 Å². The lowest BCUT2D eigenvalue weighted by molar-refractivity contribution is -0.173. The van der Waals surface area contributed by atoms with Crippen molar-refractivity contribution in [3.63, 3.8) is 0 Å². The maximum absolute atomic E-state index is 11.8. The molecule has 0 saturated heterocycles. The molecule has 0 unspecified atom stereocenters. The Hall–Kier alpha value is -1.53. The fourth-order valence-corrected chi connectivity index (χ4v) is 1.49. The molecule has 0 heterocycles. The van der Waals surface area contributed by atoms with E-state index in [9.17, 15) is 13.2 Å². The van der Waals surface area contributed by atoms with E-state index in [2.05, 4.69) is 16.6 Å². The molecule has 0 aliphatic heterocycles. The van der Waals surface area contributed by atoms with Crippen molar-refractivity contribution in [3.8, 4) is 5.75 Å². The van der Waals surface area contributed by atoms with Gasteiger partial charge in [-0.2, -0.15) is 13.2 Å². The highest BCUT2D eigenvalue weighted by atomic mass is 19.4. The average Bonchev–Trinajstić information content (AvgIpc) is 2.40. The van der Waals surface area contributed by atoms with Gasteiger partial charge in [0, 0.05) is 18.7 Å². The first-order valence-corrected chi connectivity index (χ1v) is 6.20. The van der Waals surface area contributed by atoms with Crippen molar-refractivity contribution in [2.45, 2.75) is 12.7 Å². The van der Waals surface area contributed by atoms with Crippen LogP contribution >= 0.6 is 0 Å². The van der Waals surface area contributed by atoms with Crippen LogP contribution in [0.25, 0.3) is 0 Å². The van der Waals surface area contributed by atoms with Gasteiger partial charge in [-0.3, -0.25) is 0 Å². The van der Waals surface area contributed by atoms with Gasteiger partial charge in [-0.15, -0.1) is 0 Å². The summed E-state index contributed by atoms with van der Waals surface area (Å²) < 4.78 is 45.5. The lowest BCUT2D eigenvalue weighted by Gasteiger charge is -2.11. The Bertz CT molecular complexity index is 408. The lowest BCUT2D eigenvalue weighted by atomic mass is 10.2. The van der Waals surface area contributed by atoms with Gasteiger partial charge in [-0.1, -0.05) is 30.9 Å². The van der Waals surface area contributed by atoms with E-state index in [0.29, 0.717) is 19.7 Å². The summed E-state index contributed by atoms with van der Waals surface area (Å²) in [4.78, 5) is 0. The number of para-hydroxylation sites is 1. The van der Waals surface area contributed by atoms with Crippen molar-refractivity contribution in [1.82, 2.24) is 5.32 Å². The molecule has 1 rings (SSSR count). The normalized spacial score (nSPS) is 11.3. The molecule has 0 amide bonds. The Labute approximate surface area is 116 Å². The number of nitrogens with one attached hydrogen (secondary N) is 1. The van der Waals surface area contributed by atoms with E-state index in [1.807, 2.05) is 24.3 Å². The number of ether oxygens (including phenoxy) is 2. The van der Waals surface area contributed by atoms with Crippen LogP contribution in [0, 0.1) is 0 Å². The van der Waals surface area contributed by atoms with Crippen molar-refractivity contribution in [2.24, 2.45) is 0 Å². The maximum Gasteiger partial charge on any atom is 0.411 e. The molecule has 0 saturated carbocycles. The highest BCUT2D eigenvalue weighted by Gasteiger charge is 2.27. The Kier molecular flexibility index (Phi) is 7.11. The second-order valence-corrected chi connectivity index (χ2v) is 4.05. The molecule has 6 heteroatoms. The predicted molar refractivity (Wildman–Crippen MR) is 70.7 cm³/mol. The highest BCUT2D eigenvalue weighted by molar-refractivity contribution is 5.33. The molecule has 1 aromatic carbocycles. The zero-order valence-electron chi connectivity index (χ0n) is 11.1. The van der Waals surface area contributed by atoms with Crippen molar-refractivity contribution in [2.75, 3.05) is 26.4 Å². The Morgan fingerprint density at radius 1 is 1.25 bits per heavy atom. The quantitative estimate of drug-likeness (QED) is 0.560. The predicted octanol–water partition coefficient (Wildman–Crippen LogP) is 2.92. The van der Waals surface area contributed by atoms with Gasteiger partial charge in [-0.25, -0.2) is 0 Å². The number of halogens is 3. The largest absolute Gasteiger partial charge is 0.489 e. The topological polar surface area (TPSA) is 30.5 Å². The summed E-state index contributed by atoms with van der Waals surface area (Å²) in [5, 5.41) is 3.01. The van der Waals surface area contributed by atoms with Crippen LogP contribution in [0.1, 0.15) is 5.56 Å². The van der Waals surface area contributed by atoms with Gasteiger partial charge in [-0.05, 0) is 6.07 Å². The summed E-state index contributed by atoms with van der Waals surface area (Å²) in [5.41, 5.74) is 0.935. The van der Waals surface area contributed by atoms with E-state index in [1.165, 1.54) is 0 Å². The van der Waals surface area contributed by atoms with E-state index in [0.717, 1.165) is 11.3 Å². The van der Waals surface area contributed by atoms with E-state index < -0.39 is 12.8 Å². The summed E-state index contributed by atoms with van der Waals surface area (Å²) in [6.45, 7) is 3.62. The minimum Gasteiger partial charge on any atom is -0.489 e. The van der Waals surface area contributed by atoms with Gasteiger partial charge in [0.25, 0.3) is 0 Å². The first kappa shape index (κ1) is 16.5. The first-order chi connectivity index (χ1) is 9.53. The molecule has 0 aliphatic rings. The van der Waals surface area contributed by atoms with Gasteiger partial charge in [0.05, 0.1) is 6.61 Å². The van der Waals surface area contributed by atoms with E-state index in [-0.39, 0.29) is 6.61 Å². The van der Waals surface area contributed by atoms with Crippen molar-refractivity contribution >= 4 is 0 Å². The molecule has 1 aromatic rings. The minimum absolute atomic E-state index is 0.00912. The zero-order chi connectivity index (χ0) is 14.8. The summed E-state index contributed by atoms with van der Waals surface area (Å²) in [5.74, 6) is 0.733. The summed E-state index contributed by atoms with van der Waals surface area (Å²) in [6.07, 6.45) is -2.62. The van der Waals surface area contributed by atoms with Crippen molar-refractivity contribution in [1.29, 1.82) is 0 Å². The third kappa shape index (κ3) is 7.16. The summed E-state index contributed by atoms with van der Waals surface area (Å²) in [6, 6.07) is 7.45. The minimum atomic E-state index is -4.27. The second-order valence-electron chi connectivity index (χ2n) is 4.05. The number of hydrogen-bond acceptors (Lipinski definition) is 3. The van der Waals surface area contributed by atoms with Gasteiger partial charge in [0.1, 0.15) is 19.0 Å². The molecule has 20 heavy (non-hydrogen) atoms. The van der Waals surface area contributed by atoms with Gasteiger partial charge in [0.15, 0.2) is 0 Å². The van der Waals surface area contributed by atoms with E-state index in [1.54, 1.807) is 6.08 Å².